The van der Waals surface area contributed by atoms with Crippen LogP contribution < -0.4 is 5.32 Å². The van der Waals surface area contributed by atoms with Gasteiger partial charge in [-0.3, -0.25) is 9.78 Å². The molecule has 1 aliphatic heterocycles. The molecular weight excluding hydrogens is 371 g/mol. The first kappa shape index (κ1) is 22.5. The van der Waals surface area contributed by atoms with Gasteiger partial charge in [-0.15, -0.1) is 24.8 Å². The lowest BCUT2D eigenvalue weighted by Crippen LogP contribution is -2.47. The number of likely N-dealkylation sites (N-methyl/N-ethyl adjacent to an activating group) is 1. The van der Waals surface area contributed by atoms with E-state index in [1.807, 2.05) is 43.1 Å². The second-order valence-corrected chi connectivity index (χ2v) is 6.57. The van der Waals surface area contributed by atoms with Crippen molar-refractivity contribution in [1.29, 1.82) is 0 Å². The Hall–Kier alpha value is -1.56. The van der Waals surface area contributed by atoms with Crippen molar-refractivity contribution in [3.63, 3.8) is 0 Å². The number of aryl methyl sites for hydroxylation is 1. The zero-order valence-corrected chi connectivity index (χ0v) is 17.2. The standard InChI is InChI=1S/C19H26N4O.2ClH/c1-14-11-18(19(24)22-10-6-8-16(12-22)20-3)15(2)23(14)13-17-7-4-5-9-21-17;;/h4-5,7,9,11,16,20H,6,8,10,12-13H2,1-3H3;2*1H. The highest BCUT2D eigenvalue weighted by Crippen LogP contribution is 2.20. The number of nitrogens with zero attached hydrogens (tertiary/aromatic N) is 3. The second-order valence-electron chi connectivity index (χ2n) is 6.57. The van der Waals surface area contributed by atoms with E-state index < -0.39 is 0 Å². The number of carbonyl (C=O) groups is 1. The van der Waals surface area contributed by atoms with Crippen molar-refractivity contribution >= 4 is 30.7 Å². The fraction of sp³-hybridized carbons (Fsp3) is 0.474. The van der Waals surface area contributed by atoms with Gasteiger partial charge < -0.3 is 14.8 Å². The van der Waals surface area contributed by atoms with Crippen LogP contribution in [-0.2, 0) is 6.54 Å². The minimum absolute atomic E-state index is 0. The van der Waals surface area contributed by atoms with Gasteiger partial charge in [-0.1, -0.05) is 6.07 Å². The van der Waals surface area contributed by atoms with Gasteiger partial charge in [0, 0.05) is 36.7 Å². The van der Waals surface area contributed by atoms with Crippen LogP contribution in [0.3, 0.4) is 0 Å². The topological polar surface area (TPSA) is 50.2 Å². The van der Waals surface area contributed by atoms with E-state index >= 15 is 0 Å². The van der Waals surface area contributed by atoms with E-state index in [1.54, 1.807) is 6.20 Å². The molecule has 2 aromatic rings. The lowest BCUT2D eigenvalue weighted by atomic mass is 10.0. The smallest absolute Gasteiger partial charge is 0.255 e. The van der Waals surface area contributed by atoms with E-state index in [0.29, 0.717) is 12.6 Å². The molecule has 1 saturated heterocycles. The summed E-state index contributed by atoms with van der Waals surface area (Å²) in [5, 5.41) is 3.30. The Bertz CT molecular complexity index is 718. The van der Waals surface area contributed by atoms with E-state index in [2.05, 4.69) is 21.8 Å². The lowest BCUT2D eigenvalue weighted by Gasteiger charge is -2.32. The first-order valence-electron chi connectivity index (χ1n) is 8.63. The van der Waals surface area contributed by atoms with Crippen LogP contribution in [0.1, 0.15) is 40.3 Å². The number of amides is 1. The average Bonchev–Trinajstić information content (AvgIpc) is 2.90. The van der Waals surface area contributed by atoms with E-state index in [1.165, 1.54) is 0 Å². The Morgan fingerprint density at radius 2 is 2.08 bits per heavy atom. The summed E-state index contributed by atoms with van der Waals surface area (Å²) >= 11 is 0. The Labute approximate surface area is 168 Å². The molecule has 1 aliphatic rings. The van der Waals surface area contributed by atoms with Crippen LogP contribution in [0.5, 0.6) is 0 Å². The summed E-state index contributed by atoms with van der Waals surface area (Å²) in [6.45, 7) is 6.42. The number of halogens is 2. The number of hydrogen-bond donors (Lipinski definition) is 1. The molecule has 2 aromatic heterocycles. The Morgan fingerprint density at radius 1 is 1.31 bits per heavy atom. The summed E-state index contributed by atoms with van der Waals surface area (Å²) in [5.41, 5.74) is 3.95. The van der Waals surface area contributed by atoms with Gasteiger partial charge in [-0.05, 0) is 51.9 Å². The number of likely N-dealkylation sites (tertiary alicyclic amines) is 1. The van der Waals surface area contributed by atoms with Gasteiger partial charge >= 0.3 is 0 Å². The SMILES string of the molecule is CNC1CCCN(C(=O)c2cc(C)n(Cc3ccccn3)c2C)C1.Cl.Cl. The fourth-order valence-electron chi connectivity index (χ4n) is 3.48. The van der Waals surface area contributed by atoms with Crippen molar-refractivity contribution in [1.82, 2.24) is 19.8 Å². The molecule has 1 N–H and O–H groups in total. The van der Waals surface area contributed by atoms with Crippen LogP contribution >= 0.6 is 24.8 Å². The predicted molar refractivity (Wildman–Crippen MR) is 110 cm³/mol. The summed E-state index contributed by atoms with van der Waals surface area (Å²) in [6.07, 6.45) is 4.00. The number of nitrogens with one attached hydrogen (secondary N) is 1. The summed E-state index contributed by atoms with van der Waals surface area (Å²) < 4.78 is 2.18. The summed E-state index contributed by atoms with van der Waals surface area (Å²) in [7, 11) is 1.97. The van der Waals surface area contributed by atoms with E-state index in [0.717, 1.165) is 48.6 Å². The fourth-order valence-corrected chi connectivity index (χ4v) is 3.48. The van der Waals surface area contributed by atoms with Crippen molar-refractivity contribution in [2.75, 3.05) is 20.1 Å². The molecule has 0 aromatic carbocycles. The molecule has 0 aliphatic carbocycles. The van der Waals surface area contributed by atoms with Crippen molar-refractivity contribution in [3.8, 4) is 0 Å². The molecule has 3 rings (SSSR count). The molecule has 5 nitrogen and oxygen atoms in total. The van der Waals surface area contributed by atoms with Crippen molar-refractivity contribution in [3.05, 3.63) is 53.1 Å². The quantitative estimate of drug-likeness (QED) is 0.859. The van der Waals surface area contributed by atoms with E-state index in [4.69, 9.17) is 0 Å². The van der Waals surface area contributed by atoms with Crippen LogP contribution in [0, 0.1) is 13.8 Å². The highest BCUT2D eigenvalue weighted by molar-refractivity contribution is 5.95. The summed E-state index contributed by atoms with van der Waals surface area (Å²) in [6, 6.07) is 8.35. The van der Waals surface area contributed by atoms with Crippen LogP contribution in [-0.4, -0.2) is 46.5 Å². The Balaban J connectivity index is 0.00000169. The minimum Gasteiger partial charge on any atom is -0.342 e. The zero-order valence-electron chi connectivity index (χ0n) is 15.6. The van der Waals surface area contributed by atoms with E-state index in [9.17, 15) is 4.79 Å². The lowest BCUT2D eigenvalue weighted by molar-refractivity contribution is 0.0697. The molecule has 3 heterocycles. The van der Waals surface area contributed by atoms with Gasteiger partial charge in [0.1, 0.15) is 0 Å². The van der Waals surface area contributed by atoms with Gasteiger partial charge in [-0.25, -0.2) is 0 Å². The van der Waals surface area contributed by atoms with Gasteiger partial charge in [-0.2, -0.15) is 0 Å². The third-order valence-electron chi connectivity index (χ3n) is 4.97. The maximum atomic E-state index is 13.0. The Kier molecular flexibility index (Phi) is 8.60. The first-order chi connectivity index (χ1) is 11.6. The molecular formula is C19H28Cl2N4O. The molecule has 1 fully saturated rings. The molecule has 1 atom stereocenters. The zero-order chi connectivity index (χ0) is 17.1. The van der Waals surface area contributed by atoms with Crippen LogP contribution in [0.4, 0.5) is 0 Å². The number of carbonyl (C=O) groups excluding carboxylic acids is 1. The number of piperidine rings is 1. The van der Waals surface area contributed by atoms with Gasteiger partial charge in [0.15, 0.2) is 0 Å². The first-order valence-corrected chi connectivity index (χ1v) is 8.63. The molecule has 0 bridgehead atoms. The molecule has 26 heavy (non-hydrogen) atoms. The van der Waals surface area contributed by atoms with Gasteiger partial charge in [0.05, 0.1) is 17.8 Å². The van der Waals surface area contributed by atoms with E-state index in [-0.39, 0.29) is 30.7 Å². The highest BCUT2D eigenvalue weighted by atomic mass is 35.5. The number of hydrogen-bond acceptors (Lipinski definition) is 3. The number of aromatic nitrogens is 2. The average molecular weight is 399 g/mol. The molecule has 0 saturated carbocycles. The third kappa shape index (κ3) is 4.78. The van der Waals surface area contributed by atoms with Crippen LogP contribution in [0.25, 0.3) is 0 Å². The normalized spacial score (nSPS) is 16.6. The molecule has 144 valence electrons. The monoisotopic (exact) mass is 398 g/mol. The highest BCUT2D eigenvalue weighted by Gasteiger charge is 2.26. The summed E-state index contributed by atoms with van der Waals surface area (Å²) in [4.78, 5) is 19.3. The van der Waals surface area contributed by atoms with Crippen LogP contribution in [0.2, 0.25) is 0 Å². The minimum atomic E-state index is 0. The van der Waals surface area contributed by atoms with Gasteiger partial charge in [0.2, 0.25) is 0 Å². The molecule has 1 unspecified atom stereocenters. The third-order valence-corrected chi connectivity index (χ3v) is 4.97. The van der Waals surface area contributed by atoms with Crippen LogP contribution in [0.15, 0.2) is 30.5 Å². The molecule has 7 heteroatoms. The number of pyridine rings is 1. The largest absolute Gasteiger partial charge is 0.342 e. The van der Waals surface area contributed by atoms with Gasteiger partial charge in [0.25, 0.3) is 5.91 Å². The van der Waals surface area contributed by atoms with Crippen molar-refractivity contribution in [2.45, 2.75) is 39.3 Å². The molecule has 1 amide bonds. The Morgan fingerprint density at radius 3 is 2.73 bits per heavy atom. The molecule has 0 spiro atoms. The maximum Gasteiger partial charge on any atom is 0.255 e. The number of rotatable bonds is 4. The van der Waals surface area contributed by atoms with Crippen molar-refractivity contribution in [2.24, 2.45) is 0 Å². The molecule has 0 radical (unpaired) electrons. The second kappa shape index (κ2) is 9.95. The summed E-state index contributed by atoms with van der Waals surface area (Å²) in [5.74, 6) is 0.148. The maximum absolute atomic E-state index is 13.0. The predicted octanol–water partition coefficient (Wildman–Crippen LogP) is 3.22. The van der Waals surface area contributed by atoms with Crippen molar-refractivity contribution < 1.29 is 4.79 Å².